The van der Waals surface area contributed by atoms with Gasteiger partial charge in [-0.2, -0.15) is 13.2 Å². The standard InChI is InChI=1S/C11H19F3O2/c12-11(13,14)8-16-7-6-9-4-2-1-3-5-10(9)15/h9-10,15H,1-8H2. The van der Waals surface area contributed by atoms with Crippen molar-refractivity contribution >= 4 is 0 Å². The first-order valence-corrected chi connectivity index (χ1v) is 5.81. The number of ether oxygens (including phenoxy) is 1. The zero-order valence-electron chi connectivity index (χ0n) is 9.30. The van der Waals surface area contributed by atoms with Gasteiger partial charge < -0.3 is 9.84 Å². The van der Waals surface area contributed by atoms with Crippen LogP contribution in [-0.4, -0.2) is 30.6 Å². The van der Waals surface area contributed by atoms with Gasteiger partial charge >= 0.3 is 6.18 Å². The molecule has 1 rings (SSSR count). The molecule has 0 spiro atoms. The van der Waals surface area contributed by atoms with Crippen molar-refractivity contribution in [2.75, 3.05) is 13.2 Å². The smallest absolute Gasteiger partial charge is 0.393 e. The van der Waals surface area contributed by atoms with Crippen LogP contribution in [0.25, 0.3) is 0 Å². The quantitative estimate of drug-likeness (QED) is 0.604. The molecule has 0 aromatic rings. The van der Waals surface area contributed by atoms with E-state index in [1.54, 1.807) is 0 Å². The first kappa shape index (κ1) is 13.8. The van der Waals surface area contributed by atoms with E-state index in [-0.39, 0.29) is 18.6 Å². The van der Waals surface area contributed by atoms with Crippen LogP contribution in [0.1, 0.15) is 38.5 Å². The average Bonchev–Trinajstić information content (AvgIpc) is 2.37. The number of hydrogen-bond donors (Lipinski definition) is 1. The number of alkyl halides is 3. The van der Waals surface area contributed by atoms with Gasteiger partial charge in [-0.05, 0) is 25.2 Å². The fourth-order valence-electron chi connectivity index (χ4n) is 2.12. The molecule has 1 aliphatic rings. The van der Waals surface area contributed by atoms with E-state index in [9.17, 15) is 18.3 Å². The Bertz CT molecular complexity index is 194. The Morgan fingerprint density at radius 1 is 1.12 bits per heavy atom. The lowest BCUT2D eigenvalue weighted by molar-refractivity contribution is -0.175. The van der Waals surface area contributed by atoms with Gasteiger partial charge in [0.15, 0.2) is 0 Å². The monoisotopic (exact) mass is 240 g/mol. The summed E-state index contributed by atoms with van der Waals surface area (Å²) in [7, 11) is 0. The Labute approximate surface area is 93.8 Å². The molecule has 1 aliphatic carbocycles. The Kier molecular flexibility index (Phi) is 5.55. The summed E-state index contributed by atoms with van der Waals surface area (Å²) in [4.78, 5) is 0. The van der Waals surface area contributed by atoms with Gasteiger partial charge in [0.2, 0.25) is 0 Å². The van der Waals surface area contributed by atoms with Gasteiger partial charge in [0, 0.05) is 6.61 Å². The number of rotatable bonds is 4. The van der Waals surface area contributed by atoms with Gasteiger partial charge in [0.25, 0.3) is 0 Å². The molecule has 1 N–H and O–H groups in total. The lowest BCUT2D eigenvalue weighted by Crippen LogP contribution is -2.22. The summed E-state index contributed by atoms with van der Waals surface area (Å²) >= 11 is 0. The zero-order valence-corrected chi connectivity index (χ0v) is 9.30. The summed E-state index contributed by atoms with van der Waals surface area (Å²) in [5.74, 6) is 0.107. The summed E-state index contributed by atoms with van der Waals surface area (Å²) in [6.45, 7) is -1.10. The van der Waals surface area contributed by atoms with Gasteiger partial charge in [-0.25, -0.2) is 0 Å². The highest BCUT2D eigenvalue weighted by molar-refractivity contribution is 4.72. The number of hydrogen-bond acceptors (Lipinski definition) is 2. The molecule has 16 heavy (non-hydrogen) atoms. The van der Waals surface area contributed by atoms with Crippen LogP contribution in [0.4, 0.5) is 13.2 Å². The Morgan fingerprint density at radius 3 is 2.50 bits per heavy atom. The first-order valence-electron chi connectivity index (χ1n) is 5.81. The maximum Gasteiger partial charge on any atom is 0.411 e. The van der Waals surface area contributed by atoms with E-state index in [0.717, 1.165) is 32.1 Å². The third-order valence-electron chi connectivity index (χ3n) is 3.02. The molecule has 1 fully saturated rings. The number of aliphatic hydroxyl groups excluding tert-OH is 1. The Balaban J connectivity index is 2.15. The van der Waals surface area contributed by atoms with Gasteiger partial charge in [-0.3, -0.25) is 0 Å². The van der Waals surface area contributed by atoms with Crippen LogP contribution >= 0.6 is 0 Å². The van der Waals surface area contributed by atoms with Gasteiger partial charge in [-0.15, -0.1) is 0 Å². The van der Waals surface area contributed by atoms with Crippen molar-refractivity contribution in [2.24, 2.45) is 5.92 Å². The second-order valence-corrected chi connectivity index (χ2v) is 4.42. The van der Waals surface area contributed by atoms with Crippen LogP contribution in [-0.2, 0) is 4.74 Å². The van der Waals surface area contributed by atoms with Crippen LogP contribution in [0.15, 0.2) is 0 Å². The molecule has 0 amide bonds. The molecule has 0 heterocycles. The zero-order chi connectivity index (χ0) is 12.0. The van der Waals surface area contributed by atoms with Gasteiger partial charge in [0.1, 0.15) is 6.61 Å². The average molecular weight is 240 g/mol. The molecule has 96 valence electrons. The summed E-state index contributed by atoms with van der Waals surface area (Å²) in [6.07, 6.45) is 0.760. The highest BCUT2D eigenvalue weighted by Crippen LogP contribution is 2.26. The fourth-order valence-corrected chi connectivity index (χ4v) is 2.12. The Morgan fingerprint density at radius 2 is 1.81 bits per heavy atom. The molecule has 0 aromatic carbocycles. The minimum absolute atomic E-state index is 0.0846. The van der Waals surface area contributed by atoms with Crippen molar-refractivity contribution in [3.63, 3.8) is 0 Å². The van der Waals surface area contributed by atoms with E-state index in [4.69, 9.17) is 0 Å². The predicted octanol–water partition coefficient (Wildman–Crippen LogP) is 2.90. The third kappa shape index (κ3) is 5.70. The van der Waals surface area contributed by atoms with Crippen LogP contribution in [0.2, 0.25) is 0 Å². The first-order chi connectivity index (χ1) is 7.49. The normalized spacial score (nSPS) is 27.8. The minimum atomic E-state index is -4.25. The molecule has 0 bridgehead atoms. The SMILES string of the molecule is OC1CCCCCC1CCOCC(F)(F)F. The maximum absolute atomic E-state index is 11.8. The lowest BCUT2D eigenvalue weighted by Gasteiger charge is -2.20. The van der Waals surface area contributed by atoms with Crippen molar-refractivity contribution in [1.82, 2.24) is 0 Å². The van der Waals surface area contributed by atoms with Crippen molar-refractivity contribution < 1.29 is 23.0 Å². The molecular weight excluding hydrogens is 221 g/mol. The topological polar surface area (TPSA) is 29.5 Å². The molecule has 0 saturated heterocycles. The predicted molar refractivity (Wildman–Crippen MR) is 54.1 cm³/mol. The maximum atomic E-state index is 11.8. The minimum Gasteiger partial charge on any atom is -0.393 e. The van der Waals surface area contributed by atoms with Crippen LogP contribution in [0.3, 0.4) is 0 Å². The summed E-state index contributed by atoms with van der Waals surface area (Å²) < 4.78 is 39.9. The molecule has 5 heteroatoms. The van der Waals surface area contributed by atoms with E-state index in [2.05, 4.69) is 4.74 Å². The molecule has 0 aromatic heterocycles. The van der Waals surface area contributed by atoms with E-state index < -0.39 is 12.8 Å². The summed E-state index contributed by atoms with van der Waals surface area (Å²) in [5.41, 5.74) is 0. The highest BCUT2D eigenvalue weighted by Gasteiger charge is 2.28. The second kappa shape index (κ2) is 6.45. The van der Waals surface area contributed by atoms with E-state index in [1.165, 1.54) is 0 Å². The van der Waals surface area contributed by atoms with E-state index >= 15 is 0 Å². The van der Waals surface area contributed by atoms with Crippen molar-refractivity contribution in [3.8, 4) is 0 Å². The second-order valence-electron chi connectivity index (χ2n) is 4.42. The molecule has 2 unspecified atom stereocenters. The highest BCUT2D eigenvalue weighted by atomic mass is 19.4. The van der Waals surface area contributed by atoms with Crippen molar-refractivity contribution in [2.45, 2.75) is 50.8 Å². The molecule has 0 aliphatic heterocycles. The molecule has 0 radical (unpaired) electrons. The largest absolute Gasteiger partial charge is 0.411 e. The van der Waals surface area contributed by atoms with Crippen LogP contribution in [0, 0.1) is 5.92 Å². The van der Waals surface area contributed by atoms with E-state index in [1.807, 2.05) is 0 Å². The fraction of sp³-hybridized carbons (Fsp3) is 1.00. The molecule has 2 atom stereocenters. The third-order valence-corrected chi connectivity index (χ3v) is 3.02. The Hall–Kier alpha value is -0.290. The lowest BCUT2D eigenvalue weighted by atomic mass is 9.94. The van der Waals surface area contributed by atoms with Crippen LogP contribution < -0.4 is 0 Å². The van der Waals surface area contributed by atoms with Gasteiger partial charge in [0.05, 0.1) is 6.10 Å². The van der Waals surface area contributed by atoms with Gasteiger partial charge in [-0.1, -0.05) is 19.3 Å². The molecule has 2 nitrogen and oxygen atoms in total. The molecule has 1 saturated carbocycles. The molecular formula is C11H19F3O2. The van der Waals surface area contributed by atoms with Crippen LogP contribution in [0.5, 0.6) is 0 Å². The number of aliphatic hydroxyl groups is 1. The summed E-state index contributed by atoms with van der Waals surface area (Å²) in [6, 6.07) is 0. The number of halogens is 3. The summed E-state index contributed by atoms with van der Waals surface area (Å²) in [5, 5.41) is 9.73. The van der Waals surface area contributed by atoms with Crippen molar-refractivity contribution in [3.05, 3.63) is 0 Å². The van der Waals surface area contributed by atoms with E-state index in [0.29, 0.717) is 6.42 Å². The van der Waals surface area contributed by atoms with Crippen molar-refractivity contribution in [1.29, 1.82) is 0 Å².